The number of aliphatic hydroxyl groups is 1. The molecule has 0 spiro atoms. The van der Waals surface area contributed by atoms with E-state index in [9.17, 15) is 5.11 Å². The van der Waals surface area contributed by atoms with Crippen molar-refractivity contribution < 1.29 is 9.84 Å². The van der Waals surface area contributed by atoms with Crippen LogP contribution in [-0.2, 0) is 4.74 Å². The highest BCUT2D eigenvalue weighted by molar-refractivity contribution is 5.45. The number of ether oxygens (including phenoxy) is 1. The Morgan fingerprint density at radius 2 is 2.05 bits per heavy atom. The van der Waals surface area contributed by atoms with Gasteiger partial charge in [-0.25, -0.2) is 4.98 Å². The molecule has 7 nitrogen and oxygen atoms in total. The maximum atomic E-state index is 9.95. The smallest absolute Gasteiger partial charge is 0.224 e. The molecule has 0 radical (unpaired) electrons. The van der Waals surface area contributed by atoms with Gasteiger partial charge in [-0.2, -0.15) is 4.98 Å². The quantitative estimate of drug-likeness (QED) is 0.817. The molecule has 0 amide bonds. The fourth-order valence-electron chi connectivity index (χ4n) is 3.11. The van der Waals surface area contributed by atoms with E-state index in [1.807, 2.05) is 19.9 Å². The first-order valence-electron chi connectivity index (χ1n) is 8.01. The van der Waals surface area contributed by atoms with E-state index < -0.39 is 0 Å². The van der Waals surface area contributed by atoms with Crippen LogP contribution in [0.5, 0.6) is 0 Å². The Morgan fingerprint density at radius 1 is 1.27 bits per heavy atom. The van der Waals surface area contributed by atoms with Gasteiger partial charge in [0.1, 0.15) is 5.82 Å². The molecule has 0 aliphatic carbocycles. The summed E-state index contributed by atoms with van der Waals surface area (Å²) in [6, 6.07) is 2.18. The zero-order chi connectivity index (χ0) is 15.5. The van der Waals surface area contributed by atoms with E-state index in [1.54, 1.807) is 0 Å². The van der Waals surface area contributed by atoms with Crippen LogP contribution >= 0.6 is 0 Å². The first kappa shape index (κ1) is 15.5. The van der Waals surface area contributed by atoms with Gasteiger partial charge in [-0.05, 0) is 13.8 Å². The molecular formula is C15H25N5O2. The van der Waals surface area contributed by atoms with Gasteiger partial charge in [0, 0.05) is 44.5 Å². The largest absolute Gasteiger partial charge is 0.389 e. The number of nitrogens with one attached hydrogen (secondary N) is 1. The minimum Gasteiger partial charge on any atom is -0.389 e. The van der Waals surface area contributed by atoms with Crippen LogP contribution in [0.3, 0.4) is 0 Å². The topological polar surface area (TPSA) is 73.8 Å². The molecule has 2 unspecified atom stereocenters. The van der Waals surface area contributed by atoms with Crippen molar-refractivity contribution in [2.24, 2.45) is 0 Å². The lowest BCUT2D eigenvalue weighted by Crippen LogP contribution is -2.53. The highest BCUT2D eigenvalue weighted by atomic mass is 16.5. The third-order valence-corrected chi connectivity index (χ3v) is 4.30. The molecule has 2 aliphatic rings. The van der Waals surface area contributed by atoms with Crippen LogP contribution in [0, 0.1) is 6.92 Å². The van der Waals surface area contributed by atoms with Crippen LogP contribution in [-0.4, -0.2) is 78.1 Å². The summed E-state index contributed by atoms with van der Waals surface area (Å²) in [6.45, 7) is 9.61. The van der Waals surface area contributed by atoms with E-state index in [0.29, 0.717) is 19.2 Å². The molecule has 3 rings (SSSR count). The minimum absolute atomic E-state index is 0.145. The van der Waals surface area contributed by atoms with Gasteiger partial charge < -0.3 is 20.1 Å². The van der Waals surface area contributed by atoms with Crippen molar-refractivity contribution >= 4 is 11.8 Å². The molecule has 2 N–H and O–H groups in total. The van der Waals surface area contributed by atoms with Crippen molar-refractivity contribution in [3.63, 3.8) is 0 Å². The lowest BCUT2D eigenvalue weighted by molar-refractivity contribution is 0.0784. The van der Waals surface area contributed by atoms with Crippen LogP contribution in [0.15, 0.2) is 6.07 Å². The first-order chi connectivity index (χ1) is 10.7. The van der Waals surface area contributed by atoms with Gasteiger partial charge in [0.2, 0.25) is 5.95 Å². The summed E-state index contributed by atoms with van der Waals surface area (Å²) in [6.07, 6.45) is -0.354. The van der Waals surface area contributed by atoms with E-state index in [-0.39, 0.29) is 12.1 Å². The average Bonchev–Trinajstić information content (AvgIpc) is 2.93. The average molecular weight is 307 g/mol. The fraction of sp³-hybridized carbons (Fsp3) is 0.733. The SMILES string of the molecule is CCNc1nc(C)cc(N2CCN(C3COCC3O)CC2)n1. The number of nitrogens with zero attached hydrogens (tertiary/aromatic N) is 4. The van der Waals surface area contributed by atoms with E-state index in [1.165, 1.54) is 0 Å². The van der Waals surface area contributed by atoms with Crippen LogP contribution < -0.4 is 10.2 Å². The highest BCUT2D eigenvalue weighted by Gasteiger charge is 2.33. The Morgan fingerprint density at radius 3 is 2.68 bits per heavy atom. The molecule has 2 aliphatic heterocycles. The number of rotatable bonds is 4. The maximum Gasteiger partial charge on any atom is 0.224 e. The molecule has 2 fully saturated rings. The summed E-state index contributed by atoms with van der Waals surface area (Å²) in [5.41, 5.74) is 0.975. The second-order valence-electron chi connectivity index (χ2n) is 5.92. The number of aliphatic hydroxyl groups excluding tert-OH is 1. The second-order valence-corrected chi connectivity index (χ2v) is 5.92. The number of piperazine rings is 1. The molecule has 2 saturated heterocycles. The predicted octanol–water partition coefficient (Wildman–Crippen LogP) is 0.0985. The van der Waals surface area contributed by atoms with Crippen LogP contribution in [0.4, 0.5) is 11.8 Å². The Bertz CT molecular complexity index is 505. The molecule has 7 heteroatoms. The molecule has 122 valence electrons. The molecule has 0 aromatic carbocycles. The summed E-state index contributed by atoms with van der Waals surface area (Å²) in [4.78, 5) is 13.6. The summed E-state index contributed by atoms with van der Waals surface area (Å²) < 4.78 is 5.36. The molecule has 0 bridgehead atoms. The number of aromatic nitrogens is 2. The molecular weight excluding hydrogens is 282 g/mol. The van der Waals surface area contributed by atoms with Crippen LogP contribution in [0.2, 0.25) is 0 Å². The third-order valence-electron chi connectivity index (χ3n) is 4.30. The lowest BCUT2D eigenvalue weighted by atomic mass is 10.1. The Hall–Kier alpha value is -1.44. The van der Waals surface area contributed by atoms with Gasteiger partial charge in [0.15, 0.2) is 0 Å². The number of anilines is 2. The van der Waals surface area contributed by atoms with Crippen molar-refractivity contribution in [2.45, 2.75) is 26.0 Å². The number of aryl methyl sites for hydroxylation is 1. The molecule has 0 saturated carbocycles. The monoisotopic (exact) mass is 307 g/mol. The van der Waals surface area contributed by atoms with Gasteiger partial charge in [-0.3, -0.25) is 4.90 Å². The number of hydrogen-bond donors (Lipinski definition) is 2. The van der Waals surface area contributed by atoms with Gasteiger partial charge in [-0.1, -0.05) is 0 Å². The Labute approximate surface area is 131 Å². The highest BCUT2D eigenvalue weighted by Crippen LogP contribution is 2.20. The zero-order valence-electron chi connectivity index (χ0n) is 13.3. The van der Waals surface area contributed by atoms with Gasteiger partial charge in [0.05, 0.1) is 25.4 Å². The summed E-state index contributed by atoms with van der Waals surface area (Å²) >= 11 is 0. The standard InChI is InChI=1S/C15H25N5O2/c1-3-16-15-17-11(2)8-14(18-15)20-6-4-19(5-7-20)12-9-22-10-13(12)21/h8,12-13,21H,3-7,9-10H2,1-2H3,(H,16,17,18). The maximum absolute atomic E-state index is 9.95. The van der Waals surface area contributed by atoms with E-state index in [0.717, 1.165) is 44.2 Å². The van der Waals surface area contributed by atoms with Crippen LogP contribution in [0.25, 0.3) is 0 Å². The Balaban J connectivity index is 1.63. The Kier molecular flexibility index (Phi) is 4.75. The predicted molar refractivity (Wildman–Crippen MR) is 85.3 cm³/mol. The molecule has 1 aromatic heterocycles. The molecule has 3 heterocycles. The van der Waals surface area contributed by atoms with E-state index >= 15 is 0 Å². The van der Waals surface area contributed by atoms with Crippen molar-refractivity contribution in [1.29, 1.82) is 0 Å². The van der Waals surface area contributed by atoms with Crippen molar-refractivity contribution in [2.75, 3.05) is 56.2 Å². The number of hydrogen-bond acceptors (Lipinski definition) is 7. The summed E-state index contributed by atoms with van der Waals surface area (Å²) in [5, 5.41) is 13.1. The van der Waals surface area contributed by atoms with Crippen molar-refractivity contribution in [3.05, 3.63) is 11.8 Å². The van der Waals surface area contributed by atoms with Gasteiger partial charge >= 0.3 is 0 Å². The third kappa shape index (κ3) is 3.31. The summed E-state index contributed by atoms with van der Waals surface area (Å²) in [5.74, 6) is 1.67. The minimum atomic E-state index is -0.354. The van der Waals surface area contributed by atoms with E-state index in [4.69, 9.17) is 4.74 Å². The van der Waals surface area contributed by atoms with Crippen molar-refractivity contribution in [3.8, 4) is 0 Å². The normalized spacial score (nSPS) is 26.4. The summed E-state index contributed by atoms with van der Waals surface area (Å²) in [7, 11) is 0. The lowest BCUT2D eigenvalue weighted by Gasteiger charge is -2.39. The molecule has 2 atom stereocenters. The van der Waals surface area contributed by atoms with Gasteiger partial charge in [-0.15, -0.1) is 0 Å². The zero-order valence-corrected chi connectivity index (χ0v) is 13.3. The van der Waals surface area contributed by atoms with Crippen molar-refractivity contribution in [1.82, 2.24) is 14.9 Å². The molecule has 22 heavy (non-hydrogen) atoms. The fourth-order valence-corrected chi connectivity index (χ4v) is 3.11. The van der Waals surface area contributed by atoms with E-state index in [2.05, 4.69) is 25.1 Å². The van der Waals surface area contributed by atoms with Crippen LogP contribution in [0.1, 0.15) is 12.6 Å². The second kappa shape index (κ2) is 6.76. The van der Waals surface area contributed by atoms with Gasteiger partial charge in [0.25, 0.3) is 0 Å². The molecule has 1 aromatic rings. The first-order valence-corrected chi connectivity index (χ1v) is 8.01.